The Labute approximate surface area is 82.7 Å². The number of carbonyl (C=O) groups is 1. The van der Waals surface area contributed by atoms with Crippen molar-refractivity contribution >= 4 is 12.0 Å². The van der Waals surface area contributed by atoms with Gasteiger partial charge < -0.3 is 0 Å². The van der Waals surface area contributed by atoms with Gasteiger partial charge in [0.2, 0.25) is 0 Å². The molecule has 0 radical (unpaired) electrons. The van der Waals surface area contributed by atoms with Crippen molar-refractivity contribution in [1.82, 2.24) is 0 Å². The summed E-state index contributed by atoms with van der Waals surface area (Å²) in [5, 5.41) is 10.4. The van der Waals surface area contributed by atoms with Gasteiger partial charge in [0, 0.05) is 6.07 Å². The normalized spacial score (nSPS) is 8.50. The van der Waals surface area contributed by atoms with Crippen LogP contribution in [-0.4, -0.2) is 11.2 Å². The Balaban J connectivity index is 0.000000791. The highest BCUT2D eigenvalue weighted by Crippen LogP contribution is 2.17. The largest absolute Gasteiger partial charge is 0.298 e. The molecule has 0 fully saturated rings. The number of rotatable bonds is 2. The van der Waals surface area contributed by atoms with E-state index in [9.17, 15) is 14.9 Å². The molecule has 4 heteroatoms. The molecule has 0 aliphatic heterocycles. The second-order valence-corrected chi connectivity index (χ2v) is 2.44. The molecule has 14 heavy (non-hydrogen) atoms. The van der Waals surface area contributed by atoms with Gasteiger partial charge in [-0.15, -0.1) is 0 Å². The van der Waals surface area contributed by atoms with Crippen LogP contribution in [0.4, 0.5) is 5.69 Å². The number of hydrogen-bond donors (Lipinski definition) is 0. The summed E-state index contributed by atoms with van der Waals surface area (Å²) in [7, 11) is 0. The van der Waals surface area contributed by atoms with Gasteiger partial charge in [-0.25, -0.2) is 0 Å². The second-order valence-electron chi connectivity index (χ2n) is 2.44. The van der Waals surface area contributed by atoms with Crippen LogP contribution < -0.4 is 0 Å². The Bertz CT molecular complexity index is 334. The van der Waals surface area contributed by atoms with Crippen LogP contribution in [0, 0.1) is 17.0 Å². The van der Waals surface area contributed by atoms with Gasteiger partial charge in [0.25, 0.3) is 5.69 Å². The quantitative estimate of drug-likeness (QED) is 0.414. The number of nitro benzene ring substituents is 1. The van der Waals surface area contributed by atoms with E-state index in [1.807, 2.05) is 13.8 Å². The lowest BCUT2D eigenvalue weighted by atomic mass is 10.1. The first-order valence-corrected chi connectivity index (χ1v) is 4.35. The predicted octanol–water partition coefficient (Wildman–Crippen LogP) is 2.74. The second kappa shape index (κ2) is 5.85. The molecule has 0 N–H and O–H groups in total. The molecule has 1 aromatic rings. The third kappa shape index (κ3) is 2.97. The molecule has 0 heterocycles. The lowest BCUT2D eigenvalue weighted by Gasteiger charge is -1.95. The van der Waals surface area contributed by atoms with E-state index in [2.05, 4.69) is 0 Å². The fraction of sp³-hybridized carbons (Fsp3) is 0.300. The molecular weight excluding hydrogens is 182 g/mol. The van der Waals surface area contributed by atoms with Crippen molar-refractivity contribution < 1.29 is 9.72 Å². The third-order valence-corrected chi connectivity index (χ3v) is 1.51. The smallest absolute Gasteiger partial charge is 0.280 e. The van der Waals surface area contributed by atoms with Crippen molar-refractivity contribution in [3.05, 3.63) is 39.4 Å². The summed E-state index contributed by atoms with van der Waals surface area (Å²) in [4.78, 5) is 20.2. The SMILES string of the molecule is CC.Cc1ccc(C=O)c([N+](=O)[O-])c1. The molecular formula is C10H13NO3. The molecule has 76 valence electrons. The average molecular weight is 195 g/mol. The molecule has 0 aliphatic carbocycles. The highest BCUT2D eigenvalue weighted by atomic mass is 16.6. The third-order valence-electron chi connectivity index (χ3n) is 1.51. The summed E-state index contributed by atoms with van der Waals surface area (Å²) < 4.78 is 0. The van der Waals surface area contributed by atoms with Crippen molar-refractivity contribution in [3.63, 3.8) is 0 Å². The zero-order valence-electron chi connectivity index (χ0n) is 8.48. The molecule has 0 unspecified atom stereocenters. The van der Waals surface area contributed by atoms with Crippen LogP contribution in [0.15, 0.2) is 18.2 Å². The number of hydrogen-bond acceptors (Lipinski definition) is 3. The van der Waals surface area contributed by atoms with Crippen LogP contribution in [0.25, 0.3) is 0 Å². The zero-order valence-corrected chi connectivity index (χ0v) is 8.48. The molecule has 0 amide bonds. The molecule has 0 saturated heterocycles. The van der Waals surface area contributed by atoms with E-state index >= 15 is 0 Å². The average Bonchev–Trinajstić information content (AvgIpc) is 2.20. The Kier molecular flexibility index (Phi) is 5.14. The van der Waals surface area contributed by atoms with Gasteiger partial charge >= 0.3 is 0 Å². The van der Waals surface area contributed by atoms with Crippen LogP contribution in [0.1, 0.15) is 29.8 Å². The Hall–Kier alpha value is -1.71. The molecule has 0 aromatic heterocycles. The van der Waals surface area contributed by atoms with Crippen LogP contribution in [-0.2, 0) is 0 Å². The van der Waals surface area contributed by atoms with Gasteiger partial charge in [-0.1, -0.05) is 19.9 Å². The van der Waals surface area contributed by atoms with Gasteiger partial charge in [0.05, 0.1) is 10.5 Å². The highest BCUT2D eigenvalue weighted by Gasteiger charge is 2.11. The van der Waals surface area contributed by atoms with Crippen molar-refractivity contribution in [2.24, 2.45) is 0 Å². The van der Waals surface area contributed by atoms with Crippen LogP contribution in [0.3, 0.4) is 0 Å². The van der Waals surface area contributed by atoms with E-state index < -0.39 is 4.92 Å². The van der Waals surface area contributed by atoms with Crippen molar-refractivity contribution in [1.29, 1.82) is 0 Å². The first kappa shape index (κ1) is 12.3. The van der Waals surface area contributed by atoms with E-state index in [1.54, 1.807) is 13.0 Å². The van der Waals surface area contributed by atoms with Crippen LogP contribution in [0.5, 0.6) is 0 Å². The van der Waals surface area contributed by atoms with E-state index in [0.29, 0.717) is 6.29 Å². The lowest BCUT2D eigenvalue weighted by Crippen LogP contribution is -1.94. The summed E-state index contributed by atoms with van der Waals surface area (Å²) in [5.41, 5.74) is 0.753. The molecule has 0 bridgehead atoms. The van der Waals surface area contributed by atoms with E-state index in [4.69, 9.17) is 0 Å². The monoisotopic (exact) mass is 195 g/mol. The summed E-state index contributed by atoms with van der Waals surface area (Å²) in [6.07, 6.45) is 0.484. The summed E-state index contributed by atoms with van der Waals surface area (Å²) in [5.74, 6) is 0. The molecule has 0 aliphatic rings. The first-order chi connectivity index (χ1) is 6.65. The summed E-state index contributed by atoms with van der Waals surface area (Å²) in [6, 6.07) is 4.49. The maximum absolute atomic E-state index is 10.4. The molecule has 0 atom stereocenters. The van der Waals surface area contributed by atoms with Crippen molar-refractivity contribution in [3.8, 4) is 0 Å². The summed E-state index contributed by atoms with van der Waals surface area (Å²) in [6.45, 7) is 5.74. The zero-order chi connectivity index (χ0) is 11.1. The molecule has 0 saturated carbocycles. The topological polar surface area (TPSA) is 60.2 Å². The van der Waals surface area contributed by atoms with E-state index in [1.165, 1.54) is 12.1 Å². The number of nitrogens with zero attached hydrogens (tertiary/aromatic N) is 1. The molecule has 1 rings (SSSR count). The maximum atomic E-state index is 10.4. The van der Waals surface area contributed by atoms with Crippen molar-refractivity contribution in [2.45, 2.75) is 20.8 Å². The first-order valence-electron chi connectivity index (χ1n) is 4.35. The minimum absolute atomic E-state index is 0.116. The fourth-order valence-electron chi connectivity index (χ4n) is 0.911. The standard InChI is InChI=1S/C8H7NO3.C2H6/c1-6-2-3-7(5-10)8(4-6)9(11)12;1-2/h2-5H,1H3;1-2H3. The number of benzene rings is 1. The minimum Gasteiger partial charge on any atom is -0.298 e. The van der Waals surface area contributed by atoms with Crippen LogP contribution >= 0.6 is 0 Å². The Morgan fingerprint density at radius 1 is 1.36 bits per heavy atom. The molecule has 1 aromatic carbocycles. The number of carbonyl (C=O) groups excluding carboxylic acids is 1. The van der Waals surface area contributed by atoms with E-state index in [-0.39, 0.29) is 11.3 Å². The van der Waals surface area contributed by atoms with Crippen molar-refractivity contribution in [2.75, 3.05) is 0 Å². The molecule has 4 nitrogen and oxygen atoms in total. The summed E-state index contributed by atoms with van der Waals surface area (Å²) >= 11 is 0. The molecule has 0 spiro atoms. The van der Waals surface area contributed by atoms with Crippen LogP contribution in [0.2, 0.25) is 0 Å². The van der Waals surface area contributed by atoms with Gasteiger partial charge in [0.15, 0.2) is 6.29 Å². The minimum atomic E-state index is -0.559. The number of nitro groups is 1. The van der Waals surface area contributed by atoms with Gasteiger partial charge in [-0.05, 0) is 18.6 Å². The predicted molar refractivity (Wildman–Crippen MR) is 54.6 cm³/mol. The van der Waals surface area contributed by atoms with E-state index in [0.717, 1.165) is 5.56 Å². The fourth-order valence-corrected chi connectivity index (χ4v) is 0.911. The van der Waals surface area contributed by atoms with Gasteiger partial charge in [-0.2, -0.15) is 0 Å². The highest BCUT2D eigenvalue weighted by molar-refractivity contribution is 5.81. The number of aryl methyl sites for hydroxylation is 1. The Morgan fingerprint density at radius 3 is 2.36 bits per heavy atom. The van der Waals surface area contributed by atoms with Gasteiger partial charge in [-0.3, -0.25) is 14.9 Å². The number of aldehydes is 1. The van der Waals surface area contributed by atoms with Gasteiger partial charge in [0.1, 0.15) is 0 Å². The lowest BCUT2D eigenvalue weighted by molar-refractivity contribution is -0.385. The Morgan fingerprint density at radius 2 is 1.93 bits per heavy atom. The maximum Gasteiger partial charge on any atom is 0.280 e.